The first kappa shape index (κ1) is 33.0. The van der Waals surface area contributed by atoms with E-state index in [9.17, 15) is 19.5 Å². The molecule has 1 aromatic heterocycles. The number of benzene rings is 1. The van der Waals surface area contributed by atoms with E-state index in [1.54, 1.807) is 45.0 Å². The largest absolute Gasteiger partial charge is 0.480 e. The normalized spacial score (nSPS) is 21.0. The monoisotopic (exact) mass is 641 g/mol. The number of rotatable bonds is 11. The number of amides is 2. The maximum atomic E-state index is 13.0. The van der Waals surface area contributed by atoms with E-state index >= 15 is 0 Å². The maximum absolute atomic E-state index is 13.0. The second kappa shape index (κ2) is 14.0. The fourth-order valence-corrected chi connectivity index (χ4v) is 6.42. The van der Waals surface area contributed by atoms with Crippen molar-refractivity contribution in [3.05, 3.63) is 63.9 Å². The molecule has 10 nitrogen and oxygen atoms in total. The predicted octanol–water partition coefficient (Wildman–Crippen LogP) is 6.06. The van der Waals surface area contributed by atoms with E-state index < -0.39 is 35.4 Å². The maximum Gasteiger partial charge on any atom is 0.410 e. The number of halogens is 1. The van der Waals surface area contributed by atoms with Crippen molar-refractivity contribution in [3.63, 3.8) is 0 Å². The molecule has 0 bridgehead atoms. The van der Waals surface area contributed by atoms with Crippen LogP contribution in [-0.4, -0.2) is 70.6 Å². The minimum absolute atomic E-state index is 0.0436. The SMILES string of the molecule is CC(C)(C)OC(=O)N1CC(OC(=O)NC(CCOC2CC(CCc3ccc4c(n3)CCCC4)C2)C(=O)O)(c2cccc(Cl)c2)C1. The van der Waals surface area contributed by atoms with E-state index in [2.05, 4.69) is 17.4 Å². The summed E-state index contributed by atoms with van der Waals surface area (Å²) in [5.74, 6) is -0.609. The van der Waals surface area contributed by atoms with Crippen molar-refractivity contribution in [1.82, 2.24) is 15.2 Å². The smallest absolute Gasteiger partial charge is 0.410 e. The molecular weight excluding hydrogens is 598 g/mol. The van der Waals surface area contributed by atoms with Crippen molar-refractivity contribution >= 4 is 29.8 Å². The summed E-state index contributed by atoms with van der Waals surface area (Å²) < 4.78 is 17.2. The molecule has 0 spiro atoms. The Bertz CT molecular complexity index is 1380. The van der Waals surface area contributed by atoms with E-state index in [0.717, 1.165) is 38.5 Å². The van der Waals surface area contributed by atoms with Gasteiger partial charge in [0.05, 0.1) is 19.2 Å². The van der Waals surface area contributed by atoms with E-state index in [1.807, 2.05) is 0 Å². The van der Waals surface area contributed by atoms with Gasteiger partial charge in [-0.2, -0.15) is 0 Å². The Morgan fingerprint density at radius 1 is 1.13 bits per heavy atom. The molecule has 45 heavy (non-hydrogen) atoms. The van der Waals surface area contributed by atoms with Crippen LogP contribution >= 0.6 is 11.6 Å². The molecule has 244 valence electrons. The Morgan fingerprint density at radius 2 is 1.89 bits per heavy atom. The molecule has 2 fully saturated rings. The lowest BCUT2D eigenvalue weighted by Gasteiger charge is -2.48. The van der Waals surface area contributed by atoms with Gasteiger partial charge in [-0.1, -0.05) is 29.8 Å². The molecule has 2 aromatic rings. The molecule has 11 heteroatoms. The third kappa shape index (κ3) is 8.67. The zero-order valence-corrected chi connectivity index (χ0v) is 27.1. The first-order valence-corrected chi connectivity index (χ1v) is 16.3. The van der Waals surface area contributed by atoms with Gasteiger partial charge in [0.15, 0.2) is 5.60 Å². The highest BCUT2D eigenvalue weighted by atomic mass is 35.5. The first-order chi connectivity index (χ1) is 21.4. The van der Waals surface area contributed by atoms with Gasteiger partial charge < -0.3 is 24.6 Å². The summed E-state index contributed by atoms with van der Waals surface area (Å²) in [7, 11) is 0. The number of carbonyl (C=O) groups is 3. The van der Waals surface area contributed by atoms with Crippen molar-refractivity contribution in [3.8, 4) is 0 Å². The van der Waals surface area contributed by atoms with Crippen LogP contribution in [0.15, 0.2) is 36.4 Å². The van der Waals surface area contributed by atoms with Gasteiger partial charge >= 0.3 is 18.2 Å². The molecule has 2 N–H and O–H groups in total. The number of carbonyl (C=O) groups excluding carboxylic acids is 2. The highest BCUT2D eigenvalue weighted by molar-refractivity contribution is 6.30. The number of pyridine rings is 1. The van der Waals surface area contributed by atoms with E-state index in [0.29, 0.717) is 16.5 Å². The quantitative estimate of drug-likeness (QED) is 0.303. The number of hydrogen-bond donors (Lipinski definition) is 2. The molecule has 1 saturated carbocycles. The summed E-state index contributed by atoms with van der Waals surface area (Å²) in [5, 5.41) is 12.7. The molecule has 2 aliphatic carbocycles. The minimum Gasteiger partial charge on any atom is -0.480 e. The van der Waals surface area contributed by atoms with Gasteiger partial charge in [0, 0.05) is 35.0 Å². The number of aliphatic carboxylic acids is 1. The molecule has 5 rings (SSSR count). The van der Waals surface area contributed by atoms with Crippen LogP contribution < -0.4 is 5.32 Å². The average Bonchev–Trinajstić information content (AvgIpc) is 2.93. The predicted molar refractivity (Wildman–Crippen MR) is 168 cm³/mol. The fourth-order valence-electron chi connectivity index (χ4n) is 6.23. The Kier molecular flexibility index (Phi) is 10.2. The summed E-state index contributed by atoms with van der Waals surface area (Å²) in [5.41, 5.74) is 2.56. The molecule has 2 heterocycles. The van der Waals surface area contributed by atoms with Gasteiger partial charge in [0.2, 0.25) is 0 Å². The summed E-state index contributed by atoms with van der Waals surface area (Å²) in [4.78, 5) is 43.9. The van der Waals surface area contributed by atoms with Crippen LogP contribution in [0.4, 0.5) is 9.59 Å². The highest BCUT2D eigenvalue weighted by Gasteiger charge is 2.51. The number of aromatic nitrogens is 1. The van der Waals surface area contributed by atoms with Crippen LogP contribution in [0, 0.1) is 5.92 Å². The molecule has 1 aliphatic heterocycles. The number of likely N-dealkylation sites (tertiary alicyclic amines) is 1. The van der Waals surface area contributed by atoms with Gasteiger partial charge in [-0.25, -0.2) is 14.4 Å². The van der Waals surface area contributed by atoms with Gasteiger partial charge in [0.25, 0.3) is 0 Å². The average molecular weight is 642 g/mol. The van der Waals surface area contributed by atoms with Crippen LogP contribution in [0.2, 0.25) is 5.02 Å². The summed E-state index contributed by atoms with van der Waals surface area (Å²) in [6, 6.07) is 10.1. The molecule has 1 atom stereocenters. The molecule has 3 aliphatic rings. The van der Waals surface area contributed by atoms with Crippen molar-refractivity contribution in [2.24, 2.45) is 5.92 Å². The zero-order chi connectivity index (χ0) is 32.2. The van der Waals surface area contributed by atoms with Crippen LogP contribution in [0.5, 0.6) is 0 Å². The van der Waals surface area contributed by atoms with Crippen molar-refractivity contribution in [2.75, 3.05) is 19.7 Å². The van der Waals surface area contributed by atoms with Gasteiger partial charge in [0.1, 0.15) is 11.6 Å². The van der Waals surface area contributed by atoms with Crippen molar-refractivity contribution in [1.29, 1.82) is 0 Å². The fraction of sp³-hybridized carbons (Fsp3) is 0.588. The van der Waals surface area contributed by atoms with E-state index in [4.69, 9.17) is 30.8 Å². The number of fused-ring (bicyclic) bond motifs is 1. The van der Waals surface area contributed by atoms with Gasteiger partial charge in [-0.05, 0) is 102 Å². The number of ether oxygens (including phenoxy) is 3. The van der Waals surface area contributed by atoms with Crippen molar-refractivity contribution in [2.45, 2.75) is 102 Å². The Morgan fingerprint density at radius 3 is 2.60 bits per heavy atom. The molecule has 0 radical (unpaired) electrons. The number of nitrogens with one attached hydrogen (secondary N) is 1. The van der Waals surface area contributed by atoms with E-state index in [1.165, 1.54) is 34.7 Å². The number of carboxylic acid groups (broad SMARTS) is 1. The summed E-state index contributed by atoms with van der Waals surface area (Å²) in [6.45, 7) is 5.60. The molecule has 2 amide bonds. The zero-order valence-electron chi connectivity index (χ0n) is 26.4. The third-order valence-electron chi connectivity index (χ3n) is 8.77. The second-order valence-corrected chi connectivity index (χ2v) is 14.0. The Hall–Kier alpha value is -3.37. The molecule has 1 unspecified atom stereocenters. The van der Waals surface area contributed by atoms with E-state index in [-0.39, 0.29) is 32.2 Å². The number of aryl methyl sites for hydroxylation is 3. The third-order valence-corrected chi connectivity index (χ3v) is 9.01. The Balaban J connectivity index is 1.06. The highest BCUT2D eigenvalue weighted by Crippen LogP contribution is 2.38. The number of hydrogen-bond acceptors (Lipinski definition) is 7. The lowest BCUT2D eigenvalue weighted by atomic mass is 9.79. The lowest BCUT2D eigenvalue weighted by molar-refractivity contribution is -0.141. The number of carboxylic acids is 1. The standard InChI is InChI=1S/C34H44ClN3O7/c1-33(2,3)45-32(42)38-20-34(21-38,24-8-6-9-25(35)19-24)44-31(41)37-29(30(39)40)15-16-43-27-17-22(18-27)11-13-26-14-12-23-7-4-5-10-28(23)36-26/h6,8-9,12,14,19,22,27,29H,4-5,7,10-11,13,15-18,20-21H2,1-3H3,(H,37,41)(H,39,40). The van der Waals surface area contributed by atoms with Crippen LogP contribution in [0.3, 0.4) is 0 Å². The van der Waals surface area contributed by atoms with Crippen LogP contribution in [-0.2, 0) is 43.9 Å². The molecule has 1 aromatic carbocycles. The lowest BCUT2D eigenvalue weighted by Crippen LogP contribution is -2.64. The molecular formula is C34H44ClN3O7. The number of nitrogens with zero attached hydrogens (tertiary/aromatic N) is 2. The van der Waals surface area contributed by atoms with Gasteiger partial charge in [-0.3, -0.25) is 9.88 Å². The number of alkyl carbamates (subject to hydrolysis) is 1. The minimum atomic E-state index is -1.19. The molecule has 1 saturated heterocycles. The second-order valence-electron chi connectivity index (χ2n) is 13.5. The summed E-state index contributed by atoms with van der Waals surface area (Å²) >= 11 is 6.20. The van der Waals surface area contributed by atoms with Gasteiger partial charge in [-0.15, -0.1) is 0 Å². The Labute approximate surface area is 269 Å². The topological polar surface area (TPSA) is 127 Å². The first-order valence-electron chi connectivity index (χ1n) is 15.9. The van der Waals surface area contributed by atoms with Crippen LogP contribution in [0.25, 0.3) is 0 Å². The summed E-state index contributed by atoms with van der Waals surface area (Å²) in [6.07, 6.45) is 7.37. The van der Waals surface area contributed by atoms with Crippen LogP contribution in [0.1, 0.15) is 81.8 Å². The van der Waals surface area contributed by atoms with Crippen molar-refractivity contribution < 1.29 is 33.7 Å².